The van der Waals surface area contributed by atoms with Crippen LogP contribution in [-0.2, 0) is 6.54 Å². The monoisotopic (exact) mass is 570 g/mol. The fourth-order valence-electron chi connectivity index (χ4n) is 4.91. The molecule has 1 heterocycles. The van der Waals surface area contributed by atoms with Gasteiger partial charge in [0.1, 0.15) is 11.4 Å². The van der Waals surface area contributed by atoms with Crippen molar-refractivity contribution in [3.8, 4) is 28.7 Å². The van der Waals surface area contributed by atoms with Crippen molar-refractivity contribution in [1.29, 1.82) is 0 Å². The summed E-state index contributed by atoms with van der Waals surface area (Å²) < 4.78 is 1.61. The number of nitrogens with zero attached hydrogens (tertiary/aromatic N) is 2. The van der Waals surface area contributed by atoms with Gasteiger partial charge >= 0.3 is 6.03 Å². The molecule has 3 N–H and O–H groups in total. The van der Waals surface area contributed by atoms with Crippen molar-refractivity contribution in [3.63, 3.8) is 0 Å². The number of hydrogen-bond donors (Lipinski definition) is 3. The predicted octanol–water partition coefficient (Wildman–Crippen LogP) is 7.61. The highest BCUT2D eigenvalue weighted by atomic mass is 16.3. The Hall–Kier alpha value is -4.02. The number of aromatic nitrogens is 1. The van der Waals surface area contributed by atoms with Crippen molar-refractivity contribution < 1.29 is 9.90 Å². The third-order valence-corrected chi connectivity index (χ3v) is 7.48. The Balaban J connectivity index is 2.06. The molecular formula is C35H46N4O3. The van der Waals surface area contributed by atoms with Crippen LogP contribution in [0.25, 0.3) is 11.1 Å². The van der Waals surface area contributed by atoms with E-state index in [0.717, 1.165) is 42.7 Å². The van der Waals surface area contributed by atoms with Crippen LogP contribution in [0, 0.1) is 11.8 Å². The van der Waals surface area contributed by atoms with Crippen molar-refractivity contribution in [3.05, 3.63) is 75.7 Å². The van der Waals surface area contributed by atoms with E-state index in [2.05, 4.69) is 75.8 Å². The van der Waals surface area contributed by atoms with Crippen LogP contribution in [0.2, 0.25) is 0 Å². The summed E-state index contributed by atoms with van der Waals surface area (Å²) in [4.78, 5) is 29.5. The third kappa shape index (κ3) is 8.04. The van der Waals surface area contributed by atoms with Crippen LogP contribution < -0.4 is 16.2 Å². The first-order valence-corrected chi connectivity index (χ1v) is 15.1. The van der Waals surface area contributed by atoms with Crippen molar-refractivity contribution >= 4 is 17.4 Å². The first-order valence-electron chi connectivity index (χ1n) is 15.1. The quantitative estimate of drug-likeness (QED) is 0.207. The van der Waals surface area contributed by atoms with Crippen molar-refractivity contribution in [1.82, 2.24) is 9.47 Å². The Morgan fingerprint density at radius 1 is 0.929 bits per heavy atom. The number of anilines is 2. The van der Waals surface area contributed by atoms with E-state index >= 15 is 0 Å². The Morgan fingerprint density at radius 2 is 1.57 bits per heavy atom. The van der Waals surface area contributed by atoms with E-state index in [1.54, 1.807) is 35.0 Å². The number of hydrogen-bond acceptors (Lipinski definition) is 4. The molecule has 2 amide bonds. The topological polar surface area (TPSA) is 86.6 Å². The van der Waals surface area contributed by atoms with Gasteiger partial charge in [0.2, 0.25) is 0 Å². The number of benzene rings is 2. The summed E-state index contributed by atoms with van der Waals surface area (Å²) in [5, 5.41) is 16.8. The second-order valence-corrected chi connectivity index (χ2v) is 11.2. The zero-order valence-corrected chi connectivity index (χ0v) is 26.2. The molecule has 0 aliphatic rings. The molecule has 3 aromatic rings. The summed E-state index contributed by atoms with van der Waals surface area (Å²) in [6.45, 7) is 17.6. The fraction of sp³-hybridized carbons (Fsp3) is 0.429. The second kappa shape index (κ2) is 15.3. The molecule has 0 atom stereocenters. The summed E-state index contributed by atoms with van der Waals surface area (Å²) in [5.41, 5.74) is 4.19. The number of rotatable bonds is 11. The summed E-state index contributed by atoms with van der Waals surface area (Å²) >= 11 is 0. The Kier molecular flexibility index (Phi) is 11.8. The fourth-order valence-corrected chi connectivity index (χ4v) is 4.91. The molecule has 42 heavy (non-hydrogen) atoms. The molecule has 0 aliphatic carbocycles. The average Bonchev–Trinajstić information content (AvgIpc) is 2.96. The van der Waals surface area contributed by atoms with Crippen LogP contribution in [0.4, 0.5) is 16.2 Å². The number of urea groups is 1. The van der Waals surface area contributed by atoms with Gasteiger partial charge in [-0.25, -0.2) is 4.79 Å². The molecule has 0 aliphatic heterocycles. The van der Waals surface area contributed by atoms with Crippen molar-refractivity contribution in [2.45, 2.75) is 79.7 Å². The number of aromatic hydroxyl groups is 1. The lowest BCUT2D eigenvalue weighted by Gasteiger charge is -2.21. The van der Waals surface area contributed by atoms with Crippen LogP contribution in [0.1, 0.15) is 89.8 Å². The van der Waals surface area contributed by atoms with Gasteiger partial charge in [0, 0.05) is 35.1 Å². The molecule has 0 bridgehead atoms. The van der Waals surface area contributed by atoms with Gasteiger partial charge in [0.05, 0.1) is 6.54 Å². The Bertz CT molecular complexity index is 1460. The number of phenols is 1. The van der Waals surface area contributed by atoms with Crippen LogP contribution in [0.5, 0.6) is 5.75 Å². The van der Waals surface area contributed by atoms with E-state index < -0.39 is 6.03 Å². The molecule has 1 aromatic heterocycles. The van der Waals surface area contributed by atoms with Gasteiger partial charge in [0.15, 0.2) is 0 Å². The first-order chi connectivity index (χ1) is 20.1. The van der Waals surface area contributed by atoms with Gasteiger partial charge in [-0.3, -0.25) is 9.69 Å². The first kappa shape index (κ1) is 32.5. The van der Waals surface area contributed by atoms with Gasteiger partial charge in [-0.05, 0) is 66.7 Å². The molecule has 3 rings (SSSR count). The highest BCUT2D eigenvalue weighted by Crippen LogP contribution is 2.35. The van der Waals surface area contributed by atoms with Gasteiger partial charge in [0.25, 0.3) is 5.56 Å². The maximum Gasteiger partial charge on any atom is 0.323 e. The number of amides is 2. The predicted molar refractivity (Wildman–Crippen MR) is 175 cm³/mol. The van der Waals surface area contributed by atoms with E-state index in [1.807, 2.05) is 18.2 Å². The molecule has 224 valence electrons. The van der Waals surface area contributed by atoms with Gasteiger partial charge in [-0.15, -0.1) is 0 Å². The van der Waals surface area contributed by atoms with Crippen LogP contribution in [-0.4, -0.2) is 40.2 Å². The zero-order valence-electron chi connectivity index (χ0n) is 26.2. The molecule has 0 spiro atoms. The van der Waals surface area contributed by atoms with Crippen LogP contribution >= 0.6 is 0 Å². The highest BCUT2D eigenvalue weighted by Gasteiger charge is 2.20. The summed E-state index contributed by atoms with van der Waals surface area (Å²) in [5.74, 6) is 6.77. The molecule has 0 unspecified atom stereocenters. The zero-order chi connectivity index (χ0) is 30.8. The minimum absolute atomic E-state index is 0.00528. The number of unbranched alkanes of at least 4 members (excludes halogenated alkanes) is 1. The molecule has 0 radical (unpaired) electrons. The number of pyridine rings is 1. The average molecular weight is 571 g/mol. The molecule has 7 nitrogen and oxygen atoms in total. The molecule has 2 aromatic carbocycles. The minimum Gasteiger partial charge on any atom is -0.507 e. The Labute approximate surface area is 251 Å². The largest absolute Gasteiger partial charge is 0.507 e. The summed E-state index contributed by atoms with van der Waals surface area (Å²) in [6, 6.07) is 12.4. The molecule has 0 saturated heterocycles. The lowest BCUT2D eigenvalue weighted by Crippen LogP contribution is -2.29. The molecule has 0 fully saturated rings. The number of aryl methyl sites for hydroxylation is 1. The standard InChI is InChI=1S/C35H46N4O3/c1-8-11-21-39-22-19-29(30-23-26(17-18-31(30)40)14-13-20-38(9-2)10-3)33(34(39)41)37-35(42)36-32-27(24(4)5)15-12-16-28(32)25(6)7/h12,15-19,22-25,40H,8-11,20-21H2,1-7H3,(H2,36,37,42). The number of carbonyl (C=O) groups is 1. The maximum absolute atomic E-state index is 13.7. The summed E-state index contributed by atoms with van der Waals surface area (Å²) in [6.07, 6.45) is 3.48. The SMILES string of the molecule is CCCCn1ccc(-c2cc(C#CCN(CC)CC)ccc2O)c(NC(=O)Nc2c(C(C)C)cccc2C(C)C)c1=O. The van der Waals surface area contributed by atoms with Crippen molar-refractivity contribution in [2.24, 2.45) is 0 Å². The van der Waals surface area contributed by atoms with Gasteiger partial charge < -0.3 is 20.3 Å². The molecular weight excluding hydrogens is 524 g/mol. The Morgan fingerprint density at radius 3 is 2.17 bits per heavy atom. The number of para-hydroxylation sites is 1. The van der Waals surface area contributed by atoms with Crippen LogP contribution in [0.15, 0.2) is 53.5 Å². The second-order valence-electron chi connectivity index (χ2n) is 11.2. The smallest absolute Gasteiger partial charge is 0.323 e. The van der Waals surface area contributed by atoms with Crippen molar-refractivity contribution in [2.75, 3.05) is 30.3 Å². The van der Waals surface area contributed by atoms with Gasteiger partial charge in [-0.1, -0.05) is 84.9 Å². The van der Waals surface area contributed by atoms with Crippen LogP contribution in [0.3, 0.4) is 0 Å². The highest BCUT2D eigenvalue weighted by molar-refractivity contribution is 6.03. The number of nitrogens with one attached hydrogen (secondary N) is 2. The van der Waals surface area contributed by atoms with Gasteiger partial charge in [-0.2, -0.15) is 0 Å². The molecule has 0 saturated carbocycles. The number of carbonyl (C=O) groups excluding carboxylic acids is 1. The maximum atomic E-state index is 13.7. The lowest BCUT2D eigenvalue weighted by atomic mass is 9.93. The van der Waals surface area contributed by atoms with E-state index in [4.69, 9.17) is 0 Å². The minimum atomic E-state index is -0.508. The lowest BCUT2D eigenvalue weighted by molar-refractivity contribution is 0.262. The third-order valence-electron chi connectivity index (χ3n) is 7.48. The number of phenolic OH excluding ortho intramolecular Hbond substituents is 1. The normalized spacial score (nSPS) is 11.1. The van der Waals surface area contributed by atoms with E-state index in [0.29, 0.717) is 29.8 Å². The van der Waals surface area contributed by atoms with E-state index in [1.165, 1.54) is 0 Å². The molecule has 7 heteroatoms. The van der Waals surface area contributed by atoms with E-state index in [9.17, 15) is 14.7 Å². The van der Waals surface area contributed by atoms with E-state index in [-0.39, 0.29) is 28.8 Å². The summed E-state index contributed by atoms with van der Waals surface area (Å²) in [7, 11) is 0.